The predicted octanol–water partition coefficient (Wildman–Crippen LogP) is 6.94. The van der Waals surface area contributed by atoms with Gasteiger partial charge in [0.15, 0.2) is 0 Å². The molecule has 0 heterocycles. The van der Waals surface area contributed by atoms with E-state index >= 15 is 0 Å². The van der Waals surface area contributed by atoms with Crippen molar-refractivity contribution in [2.24, 2.45) is 0 Å². The molecule has 2 amide bonds. The van der Waals surface area contributed by atoms with Crippen molar-refractivity contribution in [3.8, 4) is 0 Å². The summed E-state index contributed by atoms with van der Waals surface area (Å²) in [6, 6.07) is 21.4. The second kappa shape index (κ2) is 15.8. The van der Waals surface area contributed by atoms with Crippen LogP contribution in [0.5, 0.6) is 0 Å². The summed E-state index contributed by atoms with van der Waals surface area (Å²) in [7, 11) is -3.64. The quantitative estimate of drug-likeness (QED) is 0.216. The monoisotopic (exact) mass is 657 g/mol. The van der Waals surface area contributed by atoms with Crippen molar-refractivity contribution < 1.29 is 18.0 Å². The number of amides is 2. The molecule has 44 heavy (non-hydrogen) atoms. The molecule has 1 aliphatic carbocycles. The first-order valence-corrected chi connectivity index (χ1v) is 17.7. The summed E-state index contributed by atoms with van der Waals surface area (Å²) < 4.78 is 26.9. The van der Waals surface area contributed by atoms with Crippen LogP contribution in [-0.2, 0) is 32.6 Å². The molecule has 7 nitrogen and oxygen atoms in total. The summed E-state index contributed by atoms with van der Waals surface area (Å²) in [5.41, 5.74) is 3.04. The maximum absolute atomic E-state index is 14.1. The third-order valence-electron chi connectivity index (χ3n) is 8.08. The van der Waals surface area contributed by atoms with Gasteiger partial charge in [0.05, 0.1) is 11.9 Å². The van der Waals surface area contributed by atoms with Crippen molar-refractivity contribution in [1.29, 1.82) is 0 Å². The number of hydrogen-bond donors (Lipinski definition) is 1. The lowest BCUT2D eigenvalue weighted by molar-refractivity contribution is -0.141. The van der Waals surface area contributed by atoms with Crippen LogP contribution < -0.4 is 9.62 Å². The van der Waals surface area contributed by atoms with Crippen molar-refractivity contribution in [2.45, 2.75) is 76.9 Å². The first kappa shape index (κ1) is 33.8. The zero-order chi connectivity index (χ0) is 31.7. The van der Waals surface area contributed by atoms with Gasteiger partial charge in [0.1, 0.15) is 6.04 Å². The lowest BCUT2D eigenvalue weighted by Gasteiger charge is -2.34. The number of aryl methyl sites for hydroxylation is 1. The van der Waals surface area contributed by atoms with Crippen LogP contribution in [0.3, 0.4) is 0 Å². The van der Waals surface area contributed by atoms with E-state index in [2.05, 4.69) is 5.32 Å². The van der Waals surface area contributed by atoms with Crippen LogP contribution in [0.25, 0.3) is 0 Å². The topological polar surface area (TPSA) is 86.8 Å². The molecule has 0 saturated heterocycles. The third-order valence-corrected chi connectivity index (χ3v) is 9.75. The van der Waals surface area contributed by atoms with Gasteiger partial charge >= 0.3 is 0 Å². The summed E-state index contributed by atoms with van der Waals surface area (Å²) in [6.45, 7) is 2.13. The van der Waals surface area contributed by atoms with Gasteiger partial charge in [-0.2, -0.15) is 0 Å². The van der Waals surface area contributed by atoms with Gasteiger partial charge < -0.3 is 10.2 Å². The molecule has 0 aromatic heterocycles. The number of benzene rings is 3. The van der Waals surface area contributed by atoms with Crippen molar-refractivity contribution in [2.75, 3.05) is 17.1 Å². The summed E-state index contributed by atoms with van der Waals surface area (Å²) in [5, 5.41) is 4.25. The van der Waals surface area contributed by atoms with Crippen LogP contribution >= 0.6 is 23.2 Å². The zero-order valence-corrected chi connectivity index (χ0v) is 27.7. The molecule has 1 saturated carbocycles. The molecule has 0 aliphatic heterocycles. The lowest BCUT2D eigenvalue weighted by atomic mass is 9.94. The van der Waals surface area contributed by atoms with E-state index in [1.165, 1.54) is 10.7 Å². The molecule has 236 valence electrons. The molecule has 0 radical (unpaired) electrons. The van der Waals surface area contributed by atoms with Gasteiger partial charge in [0.25, 0.3) is 0 Å². The highest BCUT2D eigenvalue weighted by Gasteiger charge is 2.32. The van der Waals surface area contributed by atoms with Gasteiger partial charge in [-0.15, -0.1) is 0 Å². The summed E-state index contributed by atoms with van der Waals surface area (Å²) in [6.07, 6.45) is 7.00. The maximum atomic E-state index is 14.1. The molecule has 4 rings (SSSR count). The van der Waals surface area contributed by atoms with E-state index in [1.54, 1.807) is 35.2 Å². The first-order chi connectivity index (χ1) is 21.0. The van der Waals surface area contributed by atoms with Crippen molar-refractivity contribution in [3.63, 3.8) is 0 Å². The molecular weight excluding hydrogens is 617 g/mol. The Morgan fingerprint density at radius 2 is 1.57 bits per heavy atom. The number of hydrogen-bond acceptors (Lipinski definition) is 4. The molecule has 10 heteroatoms. The Balaban J connectivity index is 1.60. The van der Waals surface area contributed by atoms with Crippen LogP contribution in [0, 0.1) is 6.92 Å². The van der Waals surface area contributed by atoms with Gasteiger partial charge in [-0.1, -0.05) is 91.0 Å². The molecule has 1 atom stereocenters. The van der Waals surface area contributed by atoms with Crippen LogP contribution in [0.15, 0.2) is 72.8 Å². The minimum atomic E-state index is -3.64. The number of carbonyl (C=O) groups is 2. The van der Waals surface area contributed by atoms with Gasteiger partial charge in [0.2, 0.25) is 21.8 Å². The molecule has 1 fully saturated rings. The van der Waals surface area contributed by atoms with Crippen molar-refractivity contribution in [1.82, 2.24) is 10.2 Å². The fraction of sp³-hybridized carbons (Fsp3) is 0.412. The number of sulfonamides is 1. The Hall–Kier alpha value is -3.07. The summed E-state index contributed by atoms with van der Waals surface area (Å²) in [4.78, 5) is 29.7. The highest BCUT2D eigenvalue weighted by molar-refractivity contribution is 7.92. The number of halogens is 2. The Morgan fingerprint density at radius 3 is 2.23 bits per heavy atom. The van der Waals surface area contributed by atoms with Gasteiger partial charge in [0, 0.05) is 42.0 Å². The second-order valence-electron chi connectivity index (χ2n) is 11.6. The van der Waals surface area contributed by atoms with Gasteiger partial charge in [-0.25, -0.2) is 8.42 Å². The Kier molecular flexibility index (Phi) is 12.1. The number of nitrogens with one attached hydrogen (secondary N) is 1. The normalized spacial score (nSPS) is 14.5. The van der Waals surface area contributed by atoms with Crippen molar-refractivity contribution >= 4 is 50.7 Å². The molecule has 3 aromatic carbocycles. The van der Waals surface area contributed by atoms with Crippen LogP contribution in [0.1, 0.15) is 61.6 Å². The number of nitrogens with zero attached hydrogens (tertiary/aromatic N) is 2. The second-order valence-corrected chi connectivity index (χ2v) is 14.3. The lowest BCUT2D eigenvalue weighted by Crippen LogP contribution is -2.52. The Bertz CT molecular complexity index is 1510. The summed E-state index contributed by atoms with van der Waals surface area (Å²) in [5.74, 6) is -0.397. The number of anilines is 1. The molecular formula is C34H41Cl2N3O4S. The minimum Gasteiger partial charge on any atom is -0.352 e. The van der Waals surface area contributed by atoms with E-state index in [0.717, 1.165) is 48.6 Å². The molecule has 0 spiro atoms. The Morgan fingerprint density at radius 1 is 0.909 bits per heavy atom. The van der Waals surface area contributed by atoms with Crippen LogP contribution in [0.4, 0.5) is 5.69 Å². The predicted molar refractivity (Wildman–Crippen MR) is 179 cm³/mol. The molecule has 1 N–H and O–H groups in total. The van der Waals surface area contributed by atoms with E-state index in [1.807, 2.05) is 49.4 Å². The molecule has 3 aromatic rings. The van der Waals surface area contributed by atoms with Crippen LogP contribution in [0.2, 0.25) is 10.0 Å². The van der Waals surface area contributed by atoms with Crippen LogP contribution in [-0.4, -0.2) is 50.0 Å². The average molecular weight is 659 g/mol. The first-order valence-electron chi connectivity index (χ1n) is 15.1. The fourth-order valence-electron chi connectivity index (χ4n) is 5.72. The molecule has 0 bridgehead atoms. The van der Waals surface area contributed by atoms with Gasteiger partial charge in [-0.05, 0) is 67.1 Å². The molecule has 1 aliphatic rings. The molecule has 0 unspecified atom stereocenters. The minimum absolute atomic E-state index is 0.0568. The summed E-state index contributed by atoms with van der Waals surface area (Å²) >= 11 is 12.3. The highest BCUT2D eigenvalue weighted by atomic mass is 35.5. The average Bonchev–Trinajstić information content (AvgIpc) is 2.99. The number of carbonyl (C=O) groups excluding carboxylic acids is 2. The zero-order valence-electron chi connectivity index (χ0n) is 25.3. The van der Waals surface area contributed by atoms with E-state index in [-0.39, 0.29) is 43.8 Å². The van der Waals surface area contributed by atoms with E-state index < -0.39 is 16.1 Å². The standard InChI is InChI=1S/C34H41Cl2N3O4S/c1-25-15-18-29(36)23-31(25)39(44(2,42)43)21-9-14-33(40)38(24-27-16-19-28(35)20-17-27)32(22-26-10-5-3-6-11-26)34(41)37-30-12-7-4-8-13-30/h3,5-6,10-11,15-20,23,30,32H,4,7-9,12-14,21-22,24H2,1-2H3,(H,37,41)/t32-/m0/s1. The van der Waals surface area contributed by atoms with E-state index in [0.29, 0.717) is 22.2 Å². The Labute approximate surface area is 271 Å². The largest absolute Gasteiger partial charge is 0.352 e. The highest BCUT2D eigenvalue weighted by Crippen LogP contribution is 2.27. The van der Waals surface area contributed by atoms with Gasteiger partial charge in [-0.3, -0.25) is 13.9 Å². The van der Waals surface area contributed by atoms with Crippen molar-refractivity contribution in [3.05, 3.63) is 99.5 Å². The van der Waals surface area contributed by atoms with E-state index in [9.17, 15) is 18.0 Å². The SMILES string of the molecule is Cc1ccc(Cl)cc1N(CCCC(=O)N(Cc1ccc(Cl)cc1)[C@@H](Cc1ccccc1)C(=O)NC1CCCCC1)S(C)(=O)=O. The fourth-order valence-corrected chi connectivity index (χ4v) is 7.03. The third kappa shape index (κ3) is 9.71. The van der Waals surface area contributed by atoms with E-state index in [4.69, 9.17) is 23.2 Å². The smallest absolute Gasteiger partial charge is 0.243 e. The number of rotatable bonds is 13. The maximum Gasteiger partial charge on any atom is 0.243 e.